The van der Waals surface area contributed by atoms with Gasteiger partial charge in [0.05, 0.1) is 17.6 Å². The highest BCUT2D eigenvalue weighted by molar-refractivity contribution is 7.09. The summed E-state index contributed by atoms with van der Waals surface area (Å²) in [6, 6.07) is 9.97. The van der Waals surface area contributed by atoms with Crippen molar-refractivity contribution in [3.8, 4) is 0 Å². The van der Waals surface area contributed by atoms with E-state index >= 15 is 0 Å². The predicted octanol–water partition coefficient (Wildman–Crippen LogP) is 3.23. The van der Waals surface area contributed by atoms with Crippen molar-refractivity contribution in [3.63, 3.8) is 0 Å². The summed E-state index contributed by atoms with van der Waals surface area (Å²) in [5.74, 6) is 0.900. The molecule has 3 rings (SSSR count). The number of nitrogens with two attached hydrogens (primary N) is 1. The van der Waals surface area contributed by atoms with Gasteiger partial charge in [-0.3, -0.25) is 0 Å². The first-order chi connectivity index (χ1) is 9.26. The molecule has 0 amide bonds. The van der Waals surface area contributed by atoms with Gasteiger partial charge in [-0.25, -0.2) is 4.98 Å². The Bertz CT molecular complexity index is 672. The number of nitrogens with one attached hydrogen (secondary N) is 1. The Kier molecular flexibility index (Phi) is 3.13. The maximum absolute atomic E-state index is 5.79. The number of aromatic amines is 1. The first kappa shape index (κ1) is 12.0. The Morgan fingerprint density at radius 3 is 3.00 bits per heavy atom. The molecule has 0 atom stereocenters. The average Bonchev–Trinajstić information content (AvgIpc) is 3.03. The quantitative estimate of drug-likeness (QED) is 0.717. The molecule has 0 aliphatic heterocycles. The molecule has 5 heteroatoms. The topological polar surface area (TPSA) is 57.9 Å². The molecule has 3 aromatic rings. The summed E-state index contributed by atoms with van der Waals surface area (Å²) in [5, 5.41) is 2.10. The van der Waals surface area contributed by atoms with E-state index in [0.29, 0.717) is 0 Å². The summed E-state index contributed by atoms with van der Waals surface area (Å²) in [5.41, 5.74) is 8.48. The Hall–Kier alpha value is -2.01. The van der Waals surface area contributed by atoms with Gasteiger partial charge >= 0.3 is 0 Å². The van der Waals surface area contributed by atoms with Crippen molar-refractivity contribution in [3.05, 3.63) is 40.6 Å². The number of nitrogen functional groups attached to an aromatic ring is 1. The average molecular weight is 272 g/mol. The maximum atomic E-state index is 5.79. The van der Waals surface area contributed by atoms with Crippen LogP contribution in [0.1, 0.15) is 11.8 Å². The summed E-state index contributed by atoms with van der Waals surface area (Å²) < 4.78 is 0. The number of aromatic nitrogens is 2. The van der Waals surface area contributed by atoms with Gasteiger partial charge < -0.3 is 15.6 Å². The van der Waals surface area contributed by atoms with Crippen LogP contribution in [0.5, 0.6) is 0 Å². The fraction of sp³-hybridized carbons (Fsp3) is 0.214. The zero-order valence-corrected chi connectivity index (χ0v) is 11.6. The lowest BCUT2D eigenvalue weighted by atomic mass is 10.3. The van der Waals surface area contributed by atoms with Gasteiger partial charge in [-0.1, -0.05) is 6.07 Å². The minimum Gasteiger partial charge on any atom is -0.399 e. The monoisotopic (exact) mass is 272 g/mol. The Morgan fingerprint density at radius 2 is 2.26 bits per heavy atom. The van der Waals surface area contributed by atoms with Crippen molar-refractivity contribution >= 4 is 34.0 Å². The second kappa shape index (κ2) is 4.93. The summed E-state index contributed by atoms with van der Waals surface area (Å²) >= 11 is 1.77. The number of imidazole rings is 1. The van der Waals surface area contributed by atoms with Crippen LogP contribution >= 0.6 is 11.3 Å². The molecule has 1 aromatic carbocycles. The number of anilines is 2. The third-order valence-corrected chi connectivity index (χ3v) is 3.96. The summed E-state index contributed by atoms with van der Waals surface area (Å²) in [7, 11) is 0. The normalized spacial score (nSPS) is 11.0. The van der Waals surface area contributed by atoms with E-state index < -0.39 is 0 Å². The Morgan fingerprint density at radius 1 is 1.37 bits per heavy atom. The zero-order valence-electron chi connectivity index (χ0n) is 10.8. The van der Waals surface area contributed by atoms with E-state index in [1.165, 1.54) is 4.88 Å². The second-order valence-corrected chi connectivity index (χ2v) is 5.46. The summed E-state index contributed by atoms with van der Waals surface area (Å²) in [6.07, 6.45) is 0. The molecular weight excluding hydrogens is 256 g/mol. The molecule has 0 fully saturated rings. The lowest BCUT2D eigenvalue weighted by Gasteiger charge is -2.18. The van der Waals surface area contributed by atoms with Crippen molar-refractivity contribution in [2.24, 2.45) is 0 Å². The van der Waals surface area contributed by atoms with Crippen molar-refractivity contribution < 1.29 is 0 Å². The fourth-order valence-electron chi connectivity index (χ4n) is 2.09. The second-order valence-electron chi connectivity index (χ2n) is 4.43. The predicted molar refractivity (Wildman–Crippen MR) is 81.5 cm³/mol. The van der Waals surface area contributed by atoms with Gasteiger partial charge in [0, 0.05) is 17.1 Å². The molecule has 19 heavy (non-hydrogen) atoms. The van der Waals surface area contributed by atoms with Crippen LogP contribution in [0.25, 0.3) is 11.0 Å². The van der Waals surface area contributed by atoms with Crippen molar-refractivity contribution in [1.82, 2.24) is 9.97 Å². The molecule has 0 unspecified atom stereocenters. The van der Waals surface area contributed by atoms with Crippen LogP contribution in [-0.2, 0) is 6.54 Å². The van der Waals surface area contributed by atoms with Gasteiger partial charge in [-0.2, -0.15) is 0 Å². The minimum atomic E-state index is 0.754. The van der Waals surface area contributed by atoms with Gasteiger partial charge in [0.15, 0.2) is 0 Å². The van der Waals surface area contributed by atoms with Gasteiger partial charge in [0.2, 0.25) is 5.95 Å². The first-order valence-electron chi connectivity index (χ1n) is 6.29. The van der Waals surface area contributed by atoms with Gasteiger partial charge in [-0.05, 0) is 36.6 Å². The minimum absolute atomic E-state index is 0.754. The molecule has 0 aliphatic carbocycles. The van der Waals surface area contributed by atoms with Gasteiger partial charge in [0.1, 0.15) is 0 Å². The van der Waals surface area contributed by atoms with Crippen LogP contribution in [0.4, 0.5) is 11.6 Å². The number of rotatable bonds is 4. The highest BCUT2D eigenvalue weighted by Crippen LogP contribution is 2.21. The standard InChI is InChI=1S/C14H16N4S/c1-2-18(9-11-4-3-7-19-11)14-16-12-6-5-10(15)8-13(12)17-14/h3-8H,2,9,15H2,1H3,(H,16,17). The summed E-state index contributed by atoms with van der Waals surface area (Å²) in [4.78, 5) is 11.5. The fourth-order valence-corrected chi connectivity index (χ4v) is 2.81. The summed E-state index contributed by atoms with van der Waals surface area (Å²) in [6.45, 7) is 3.92. The van der Waals surface area contributed by atoms with E-state index in [-0.39, 0.29) is 0 Å². The smallest absolute Gasteiger partial charge is 0.204 e. The van der Waals surface area contributed by atoms with Crippen molar-refractivity contribution in [1.29, 1.82) is 0 Å². The van der Waals surface area contributed by atoms with E-state index in [2.05, 4.69) is 39.3 Å². The van der Waals surface area contributed by atoms with Crippen molar-refractivity contribution in [2.75, 3.05) is 17.2 Å². The first-order valence-corrected chi connectivity index (χ1v) is 7.17. The number of thiophene rings is 1. The van der Waals surface area contributed by atoms with Crippen molar-refractivity contribution in [2.45, 2.75) is 13.5 Å². The van der Waals surface area contributed by atoms with Crippen LogP contribution < -0.4 is 10.6 Å². The van der Waals surface area contributed by atoms with Gasteiger partial charge in [-0.15, -0.1) is 11.3 Å². The van der Waals surface area contributed by atoms with E-state index in [4.69, 9.17) is 5.73 Å². The number of benzene rings is 1. The molecular formula is C14H16N4S. The molecule has 98 valence electrons. The van der Waals surface area contributed by atoms with E-state index in [1.807, 2.05) is 18.2 Å². The highest BCUT2D eigenvalue weighted by Gasteiger charge is 2.11. The van der Waals surface area contributed by atoms with Gasteiger partial charge in [0.25, 0.3) is 0 Å². The molecule has 2 heterocycles. The maximum Gasteiger partial charge on any atom is 0.204 e. The molecule has 4 nitrogen and oxygen atoms in total. The van der Waals surface area contributed by atoms with E-state index in [1.54, 1.807) is 11.3 Å². The van der Waals surface area contributed by atoms with Crippen LogP contribution in [0, 0.1) is 0 Å². The molecule has 0 radical (unpaired) electrons. The molecule has 0 aliphatic rings. The molecule has 0 saturated heterocycles. The molecule has 0 spiro atoms. The molecule has 2 aromatic heterocycles. The largest absolute Gasteiger partial charge is 0.399 e. The lowest BCUT2D eigenvalue weighted by molar-refractivity contribution is 0.812. The molecule has 3 N–H and O–H groups in total. The number of H-pyrrole nitrogens is 1. The lowest BCUT2D eigenvalue weighted by Crippen LogP contribution is -2.22. The molecule has 0 bridgehead atoms. The van der Waals surface area contributed by atoms with Crippen LogP contribution in [0.2, 0.25) is 0 Å². The molecule has 0 saturated carbocycles. The Balaban J connectivity index is 1.92. The van der Waals surface area contributed by atoms with E-state index in [9.17, 15) is 0 Å². The SMILES string of the molecule is CCN(Cc1cccs1)c1nc2ccc(N)cc2[nH]1. The third-order valence-electron chi connectivity index (χ3n) is 3.10. The number of hydrogen-bond acceptors (Lipinski definition) is 4. The zero-order chi connectivity index (χ0) is 13.2. The van der Waals surface area contributed by atoms with Crippen LogP contribution in [0.15, 0.2) is 35.7 Å². The third kappa shape index (κ3) is 2.42. The van der Waals surface area contributed by atoms with E-state index in [0.717, 1.165) is 35.8 Å². The van der Waals surface area contributed by atoms with Crippen LogP contribution in [-0.4, -0.2) is 16.5 Å². The van der Waals surface area contributed by atoms with Crippen LogP contribution in [0.3, 0.4) is 0 Å². The highest BCUT2D eigenvalue weighted by atomic mass is 32.1. The number of fused-ring (bicyclic) bond motifs is 1. The number of nitrogens with zero attached hydrogens (tertiary/aromatic N) is 2. The Labute approximate surface area is 115 Å². The number of hydrogen-bond donors (Lipinski definition) is 2.